The van der Waals surface area contributed by atoms with E-state index in [1.165, 1.54) is 11.3 Å². The van der Waals surface area contributed by atoms with Crippen molar-refractivity contribution in [3.05, 3.63) is 58.3 Å². The highest BCUT2D eigenvalue weighted by molar-refractivity contribution is 7.08. The summed E-state index contributed by atoms with van der Waals surface area (Å²) >= 11 is 1.52. The molecule has 2 amide bonds. The minimum atomic E-state index is -0.442. The van der Waals surface area contributed by atoms with E-state index in [4.69, 9.17) is 5.73 Å². The molecule has 1 aromatic heterocycles. The first-order chi connectivity index (χ1) is 11.7. The van der Waals surface area contributed by atoms with Gasteiger partial charge < -0.3 is 10.6 Å². The van der Waals surface area contributed by atoms with Gasteiger partial charge in [-0.2, -0.15) is 11.3 Å². The molecule has 1 unspecified atom stereocenters. The number of hydrogen-bond acceptors (Lipinski definition) is 4. The number of rotatable bonds is 4. The molecule has 2 heterocycles. The van der Waals surface area contributed by atoms with E-state index in [-0.39, 0.29) is 11.8 Å². The highest BCUT2D eigenvalue weighted by Crippen LogP contribution is 2.22. The van der Waals surface area contributed by atoms with Crippen LogP contribution in [0.4, 0.5) is 0 Å². The van der Waals surface area contributed by atoms with Crippen LogP contribution in [0.2, 0.25) is 0 Å². The third-order valence-electron chi connectivity index (χ3n) is 4.34. The first kappa shape index (κ1) is 16.7. The molecule has 24 heavy (non-hydrogen) atoms. The monoisotopic (exact) mass is 343 g/mol. The first-order valence-corrected chi connectivity index (χ1v) is 9.01. The summed E-state index contributed by atoms with van der Waals surface area (Å²) in [5.74, 6) is -0.285. The van der Waals surface area contributed by atoms with Gasteiger partial charge in [-0.3, -0.25) is 14.5 Å². The second-order valence-corrected chi connectivity index (χ2v) is 6.69. The van der Waals surface area contributed by atoms with Crippen molar-refractivity contribution < 1.29 is 9.59 Å². The number of nitrogens with two attached hydrogens (primary N) is 1. The maximum atomic E-state index is 12.5. The summed E-state index contributed by atoms with van der Waals surface area (Å²) in [6.45, 7) is 2.69. The van der Waals surface area contributed by atoms with E-state index in [0.717, 1.165) is 24.1 Å². The Morgan fingerprint density at radius 3 is 2.50 bits per heavy atom. The zero-order valence-corrected chi connectivity index (χ0v) is 14.2. The van der Waals surface area contributed by atoms with Crippen molar-refractivity contribution in [3.8, 4) is 0 Å². The minimum absolute atomic E-state index is 0.0634. The van der Waals surface area contributed by atoms with E-state index in [2.05, 4.69) is 4.90 Å². The lowest BCUT2D eigenvalue weighted by Gasteiger charge is -2.28. The van der Waals surface area contributed by atoms with E-state index < -0.39 is 6.04 Å². The molecule has 1 aliphatic heterocycles. The van der Waals surface area contributed by atoms with Crippen molar-refractivity contribution in [2.45, 2.75) is 12.5 Å². The Kier molecular flexibility index (Phi) is 5.27. The average molecular weight is 343 g/mol. The minimum Gasteiger partial charge on any atom is -0.368 e. The Morgan fingerprint density at radius 2 is 1.83 bits per heavy atom. The molecular formula is C18H21N3O2S. The number of amides is 2. The van der Waals surface area contributed by atoms with Crippen LogP contribution in [-0.2, 0) is 4.79 Å². The van der Waals surface area contributed by atoms with Crippen LogP contribution in [0.25, 0.3) is 0 Å². The summed E-state index contributed by atoms with van der Waals surface area (Å²) in [6.07, 6.45) is 0.826. The van der Waals surface area contributed by atoms with Gasteiger partial charge >= 0.3 is 0 Å². The van der Waals surface area contributed by atoms with Crippen molar-refractivity contribution >= 4 is 23.2 Å². The van der Waals surface area contributed by atoms with E-state index >= 15 is 0 Å². The molecule has 0 bridgehead atoms. The predicted octanol–water partition coefficient (Wildman–Crippen LogP) is 2.12. The highest BCUT2D eigenvalue weighted by Gasteiger charge is 2.28. The van der Waals surface area contributed by atoms with Gasteiger partial charge in [0.15, 0.2) is 0 Å². The van der Waals surface area contributed by atoms with Crippen LogP contribution in [0, 0.1) is 0 Å². The first-order valence-electron chi connectivity index (χ1n) is 8.06. The second-order valence-electron chi connectivity index (χ2n) is 5.91. The molecule has 0 saturated carbocycles. The van der Waals surface area contributed by atoms with Gasteiger partial charge in [-0.15, -0.1) is 0 Å². The Hall–Kier alpha value is -2.18. The molecule has 2 aromatic rings. The molecule has 0 radical (unpaired) electrons. The Balaban J connectivity index is 1.72. The Morgan fingerprint density at radius 1 is 1.04 bits per heavy atom. The SMILES string of the molecule is NC(=O)C(c1ccccc1)N1CCCN(C(=O)c2ccsc2)CC1. The summed E-state index contributed by atoms with van der Waals surface area (Å²) in [6, 6.07) is 11.0. The molecule has 5 nitrogen and oxygen atoms in total. The average Bonchev–Trinajstić information content (AvgIpc) is 3.02. The van der Waals surface area contributed by atoms with Crippen LogP contribution in [0.3, 0.4) is 0 Å². The van der Waals surface area contributed by atoms with Gasteiger partial charge in [-0.25, -0.2) is 0 Å². The molecule has 1 fully saturated rings. The molecule has 1 atom stereocenters. The highest BCUT2D eigenvalue weighted by atomic mass is 32.1. The van der Waals surface area contributed by atoms with E-state index in [1.54, 1.807) is 0 Å². The number of benzene rings is 1. The molecule has 2 N–H and O–H groups in total. The molecule has 1 aliphatic rings. The van der Waals surface area contributed by atoms with Crippen molar-refractivity contribution in [3.63, 3.8) is 0 Å². The number of carbonyl (C=O) groups excluding carboxylic acids is 2. The topological polar surface area (TPSA) is 66.6 Å². The quantitative estimate of drug-likeness (QED) is 0.925. The largest absolute Gasteiger partial charge is 0.368 e. The molecular weight excluding hydrogens is 322 g/mol. The fourth-order valence-electron chi connectivity index (χ4n) is 3.16. The van der Waals surface area contributed by atoms with Gasteiger partial charge in [0.2, 0.25) is 5.91 Å². The van der Waals surface area contributed by atoms with Crippen LogP contribution in [0.5, 0.6) is 0 Å². The van der Waals surface area contributed by atoms with E-state index in [1.807, 2.05) is 52.1 Å². The van der Waals surface area contributed by atoms with Gasteiger partial charge in [0.25, 0.3) is 5.91 Å². The molecule has 1 aromatic carbocycles. The lowest BCUT2D eigenvalue weighted by Crippen LogP contribution is -2.40. The van der Waals surface area contributed by atoms with Crippen LogP contribution in [-0.4, -0.2) is 47.8 Å². The zero-order chi connectivity index (χ0) is 16.9. The van der Waals surface area contributed by atoms with Crippen molar-refractivity contribution in [2.24, 2.45) is 5.73 Å². The zero-order valence-electron chi connectivity index (χ0n) is 13.4. The van der Waals surface area contributed by atoms with Gasteiger partial charge in [0.05, 0.1) is 5.56 Å². The van der Waals surface area contributed by atoms with Crippen LogP contribution in [0.15, 0.2) is 47.2 Å². The van der Waals surface area contributed by atoms with Gasteiger partial charge in [0.1, 0.15) is 6.04 Å². The molecule has 0 aliphatic carbocycles. The summed E-state index contributed by atoms with van der Waals surface area (Å²) in [5, 5.41) is 3.79. The molecule has 1 saturated heterocycles. The predicted molar refractivity (Wildman–Crippen MR) is 94.8 cm³/mol. The fourth-order valence-corrected chi connectivity index (χ4v) is 3.79. The number of thiophene rings is 1. The lowest BCUT2D eigenvalue weighted by molar-refractivity contribution is -0.123. The summed E-state index contributed by atoms with van der Waals surface area (Å²) in [7, 11) is 0. The summed E-state index contributed by atoms with van der Waals surface area (Å²) in [4.78, 5) is 28.5. The van der Waals surface area contributed by atoms with Gasteiger partial charge in [-0.1, -0.05) is 30.3 Å². The maximum Gasteiger partial charge on any atom is 0.254 e. The third-order valence-corrected chi connectivity index (χ3v) is 5.02. The van der Waals surface area contributed by atoms with Crippen LogP contribution in [0.1, 0.15) is 28.4 Å². The van der Waals surface area contributed by atoms with E-state index in [0.29, 0.717) is 19.6 Å². The lowest BCUT2D eigenvalue weighted by atomic mass is 10.0. The number of hydrogen-bond donors (Lipinski definition) is 1. The summed E-state index contributed by atoms with van der Waals surface area (Å²) in [5.41, 5.74) is 7.31. The molecule has 6 heteroatoms. The second kappa shape index (κ2) is 7.59. The van der Waals surface area contributed by atoms with Gasteiger partial charge in [0, 0.05) is 31.6 Å². The van der Waals surface area contributed by atoms with Crippen LogP contribution < -0.4 is 5.73 Å². The molecule has 3 rings (SSSR count). The maximum absolute atomic E-state index is 12.5. The standard InChI is InChI=1S/C18H21N3O2S/c19-17(22)16(14-5-2-1-3-6-14)20-8-4-9-21(11-10-20)18(23)15-7-12-24-13-15/h1-3,5-7,12-13,16H,4,8-11H2,(H2,19,22). The molecule has 126 valence electrons. The Bertz CT molecular complexity index is 688. The smallest absolute Gasteiger partial charge is 0.254 e. The van der Waals surface area contributed by atoms with Crippen LogP contribution >= 0.6 is 11.3 Å². The number of nitrogens with zero attached hydrogens (tertiary/aromatic N) is 2. The Labute approximate surface area is 145 Å². The normalized spacial score (nSPS) is 17.2. The van der Waals surface area contributed by atoms with Crippen molar-refractivity contribution in [1.29, 1.82) is 0 Å². The third kappa shape index (κ3) is 3.66. The number of carbonyl (C=O) groups is 2. The van der Waals surface area contributed by atoms with Crippen molar-refractivity contribution in [2.75, 3.05) is 26.2 Å². The molecule has 0 spiro atoms. The number of primary amides is 1. The van der Waals surface area contributed by atoms with Gasteiger partial charge in [-0.05, 0) is 23.4 Å². The van der Waals surface area contributed by atoms with Crippen molar-refractivity contribution in [1.82, 2.24) is 9.80 Å². The van der Waals surface area contributed by atoms with E-state index in [9.17, 15) is 9.59 Å². The summed E-state index contributed by atoms with van der Waals surface area (Å²) < 4.78 is 0. The fraction of sp³-hybridized carbons (Fsp3) is 0.333.